The van der Waals surface area contributed by atoms with Crippen molar-refractivity contribution in [2.24, 2.45) is 0 Å². The van der Waals surface area contributed by atoms with Gasteiger partial charge >= 0.3 is 11.8 Å². The molecule has 0 aliphatic heterocycles. The second kappa shape index (κ2) is 6.82. The molecule has 6 nitrogen and oxygen atoms in total. The van der Waals surface area contributed by atoms with Gasteiger partial charge in [-0.25, -0.2) is 0 Å². The van der Waals surface area contributed by atoms with Gasteiger partial charge in [-0.05, 0) is 42.5 Å². The average Bonchev–Trinajstić information content (AvgIpc) is 2.51. The first-order valence-corrected chi connectivity index (χ1v) is 6.62. The predicted octanol–water partition coefficient (Wildman–Crippen LogP) is 2.63. The molecule has 2 amide bonds. The molecule has 0 saturated heterocycles. The van der Waals surface area contributed by atoms with Crippen LogP contribution in [0.15, 0.2) is 42.5 Å². The van der Waals surface area contributed by atoms with Gasteiger partial charge in [-0.3, -0.25) is 9.59 Å². The zero-order valence-corrected chi connectivity index (χ0v) is 12.3. The van der Waals surface area contributed by atoms with Crippen molar-refractivity contribution in [2.45, 2.75) is 0 Å². The second-order valence-corrected chi connectivity index (χ2v) is 4.73. The van der Waals surface area contributed by atoms with Crippen LogP contribution in [0, 0.1) is 0 Å². The molecule has 2 aromatic rings. The van der Waals surface area contributed by atoms with Crippen molar-refractivity contribution in [1.29, 1.82) is 0 Å². The number of carbonyl (C=O) groups is 2. The lowest BCUT2D eigenvalue weighted by Crippen LogP contribution is -2.29. The molecule has 3 N–H and O–H groups in total. The molecule has 2 aromatic carbocycles. The number of anilines is 2. The highest BCUT2D eigenvalue weighted by Gasteiger charge is 2.16. The summed E-state index contributed by atoms with van der Waals surface area (Å²) in [5.74, 6) is -1.35. The third kappa shape index (κ3) is 3.89. The minimum absolute atomic E-state index is 0.0578. The van der Waals surface area contributed by atoms with E-state index in [9.17, 15) is 14.7 Å². The number of phenolic OH excluding ortho intramolecular Hbond substituents is 1. The summed E-state index contributed by atoms with van der Waals surface area (Å²) in [6, 6.07) is 10.6. The van der Waals surface area contributed by atoms with Crippen LogP contribution >= 0.6 is 11.6 Å². The Kier molecular flexibility index (Phi) is 4.85. The van der Waals surface area contributed by atoms with Crippen LogP contribution in [0.4, 0.5) is 11.4 Å². The standard InChI is InChI=1S/C15H13ClN2O4/c1-22-11-5-3-10(4-6-11)17-14(20)15(21)18-12-8-9(16)2-7-13(12)19/h2-8,19H,1H3,(H,17,20)(H,18,21). The quantitative estimate of drug-likeness (QED) is 0.599. The van der Waals surface area contributed by atoms with Crippen LogP contribution in [-0.4, -0.2) is 24.0 Å². The number of carbonyl (C=O) groups excluding carboxylic acids is 2. The Balaban J connectivity index is 2.02. The van der Waals surface area contributed by atoms with E-state index in [2.05, 4.69) is 10.6 Å². The summed E-state index contributed by atoms with van der Waals surface area (Å²) in [5.41, 5.74) is 0.499. The fourth-order valence-corrected chi connectivity index (χ4v) is 1.82. The number of benzene rings is 2. The molecule has 0 saturated carbocycles. The predicted molar refractivity (Wildman–Crippen MR) is 83.4 cm³/mol. The fourth-order valence-electron chi connectivity index (χ4n) is 1.65. The molecule has 114 valence electrons. The molecule has 0 radical (unpaired) electrons. The number of methoxy groups -OCH3 is 1. The minimum Gasteiger partial charge on any atom is -0.506 e. The second-order valence-electron chi connectivity index (χ2n) is 4.30. The van der Waals surface area contributed by atoms with Crippen molar-refractivity contribution in [3.8, 4) is 11.5 Å². The van der Waals surface area contributed by atoms with E-state index < -0.39 is 11.8 Å². The maximum absolute atomic E-state index is 11.8. The number of amides is 2. The highest BCUT2D eigenvalue weighted by Crippen LogP contribution is 2.26. The van der Waals surface area contributed by atoms with Crippen LogP contribution in [0.1, 0.15) is 0 Å². The van der Waals surface area contributed by atoms with Crippen molar-refractivity contribution in [1.82, 2.24) is 0 Å². The summed E-state index contributed by atoms with van der Waals surface area (Å²) in [4.78, 5) is 23.6. The Bertz CT molecular complexity index is 701. The molecule has 0 spiro atoms. The van der Waals surface area contributed by atoms with E-state index in [4.69, 9.17) is 16.3 Å². The summed E-state index contributed by atoms with van der Waals surface area (Å²) < 4.78 is 4.99. The van der Waals surface area contributed by atoms with Gasteiger partial charge in [0.15, 0.2) is 0 Å². The van der Waals surface area contributed by atoms with E-state index in [1.165, 1.54) is 25.3 Å². The molecule has 7 heteroatoms. The van der Waals surface area contributed by atoms with Gasteiger partial charge in [-0.2, -0.15) is 0 Å². The Morgan fingerprint density at radius 2 is 1.68 bits per heavy atom. The molecule has 2 rings (SSSR count). The van der Waals surface area contributed by atoms with E-state index in [1.54, 1.807) is 24.3 Å². The van der Waals surface area contributed by atoms with Crippen molar-refractivity contribution in [2.75, 3.05) is 17.7 Å². The number of hydrogen-bond acceptors (Lipinski definition) is 4. The third-order valence-corrected chi connectivity index (χ3v) is 3.00. The van der Waals surface area contributed by atoms with Crippen LogP contribution in [0.2, 0.25) is 5.02 Å². The number of nitrogens with one attached hydrogen (secondary N) is 2. The fraction of sp³-hybridized carbons (Fsp3) is 0.0667. The first-order valence-electron chi connectivity index (χ1n) is 6.24. The normalized spacial score (nSPS) is 9.91. The summed E-state index contributed by atoms with van der Waals surface area (Å²) >= 11 is 5.76. The molecule has 0 heterocycles. The van der Waals surface area contributed by atoms with Crippen LogP contribution in [0.3, 0.4) is 0 Å². The van der Waals surface area contributed by atoms with Crippen molar-refractivity contribution < 1.29 is 19.4 Å². The van der Waals surface area contributed by atoms with Gasteiger partial charge in [-0.15, -0.1) is 0 Å². The van der Waals surface area contributed by atoms with Gasteiger partial charge in [0.1, 0.15) is 11.5 Å². The van der Waals surface area contributed by atoms with Gasteiger partial charge in [-0.1, -0.05) is 11.6 Å². The molecule has 0 unspecified atom stereocenters. The number of aromatic hydroxyl groups is 1. The Hall–Kier alpha value is -2.73. The lowest BCUT2D eigenvalue weighted by Gasteiger charge is -2.08. The largest absolute Gasteiger partial charge is 0.506 e. The number of halogens is 1. The molecule has 0 atom stereocenters. The summed E-state index contributed by atoms with van der Waals surface area (Å²) in [7, 11) is 1.53. The molecule has 0 bridgehead atoms. The summed E-state index contributed by atoms with van der Waals surface area (Å²) in [5, 5.41) is 14.6. The highest BCUT2D eigenvalue weighted by atomic mass is 35.5. The van der Waals surface area contributed by atoms with Crippen LogP contribution in [-0.2, 0) is 9.59 Å². The molecule has 0 aliphatic rings. The van der Waals surface area contributed by atoms with Crippen LogP contribution in [0.5, 0.6) is 11.5 Å². The van der Waals surface area contributed by atoms with Crippen LogP contribution in [0.25, 0.3) is 0 Å². The highest BCUT2D eigenvalue weighted by molar-refractivity contribution is 6.44. The molecular weight excluding hydrogens is 308 g/mol. The number of hydrogen-bond donors (Lipinski definition) is 3. The molecule has 22 heavy (non-hydrogen) atoms. The smallest absolute Gasteiger partial charge is 0.314 e. The van der Waals surface area contributed by atoms with Crippen molar-refractivity contribution in [3.05, 3.63) is 47.5 Å². The van der Waals surface area contributed by atoms with E-state index in [1.807, 2.05) is 0 Å². The van der Waals surface area contributed by atoms with Gasteiger partial charge in [0.05, 0.1) is 12.8 Å². The van der Waals surface area contributed by atoms with Crippen molar-refractivity contribution >= 4 is 34.8 Å². The lowest BCUT2D eigenvalue weighted by molar-refractivity contribution is -0.133. The molecular formula is C15H13ClN2O4. The minimum atomic E-state index is -0.923. The Labute approximate surface area is 131 Å². The maximum atomic E-state index is 11.8. The molecule has 0 fully saturated rings. The van der Waals surface area contributed by atoms with Gasteiger partial charge < -0.3 is 20.5 Å². The first kappa shape index (κ1) is 15.7. The van der Waals surface area contributed by atoms with Crippen molar-refractivity contribution in [3.63, 3.8) is 0 Å². The summed E-state index contributed by atoms with van der Waals surface area (Å²) in [6.07, 6.45) is 0. The van der Waals surface area contributed by atoms with E-state index >= 15 is 0 Å². The lowest BCUT2D eigenvalue weighted by atomic mass is 10.3. The topological polar surface area (TPSA) is 87.7 Å². The van der Waals surface area contributed by atoms with E-state index in [0.717, 1.165) is 0 Å². The third-order valence-electron chi connectivity index (χ3n) is 2.76. The Morgan fingerprint density at radius 1 is 1.05 bits per heavy atom. The Morgan fingerprint density at radius 3 is 2.32 bits per heavy atom. The SMILES string of the molecule is COc1ccc(NC(=O)C(=O)Nc2cc(Cl)ccc2O)cc1. The monoisotopic (exact) mass is 320 g/mol. The maximum Gasteiger partial charge on any atom is 0.314 e. The van der Waals surface area contributed by atoms with Gasteiger partial charge in [0, 0.05) is 10.7 Å². The van der Waals surface area contributed by atoms with E-state index in [-0.39, 0.29) is 11.4 Å². The number of rotatable bonds is 3. The number of phenols is 1. The molecule has 0 aromatic heterocycles. The van der Waals surface area contributed by atoms with Crippen LogP contribution < -0.4 is 15.4 Å². The summed E-state index contributed by atoms with van der Waals surface area (Å²) in [6.45, 7) is 0. The molecule has 0 aliphatic carbocycles. The van der Waals surface area contributed by atoms with E-state index in [0.29, 0.717) is 16.5 Å². The zero-order valence-electron chi connectivity index (χ0n) is 11.6. The zero-order chi connectivity index (χ0) is 16.1. The average molecular weight is 321 g/mol. The van der Waals surface area contributed by atoms with Gasteiger partial charge in [0.25, 0.3) is 0 Å². The van der Waals surface area contributed by atoms with Gasteiger partial charge in [0.2, 0.25) is 0 Å². The first-order chi connectivity index (χ1) is 10.5. The number of ether oxygens (including phenoxy) is 1.